The van der Waals surface area contributed by atoms with Crippen LogP contribution in [0.25, 0.3) is 0 Å². The van der Waals surface area contributed by atoms with Crippen LogP contribution in [-0.4, -0.2) is 35.7 Å². The molecule has 0 heterocycles. The van der Waals surface area contributed by atoms with Crippen LogP contribution in [-0.2, 0) is 28.7 Å². The van der Waals surface area contributed by atoms with Crippen LogP contribution in [0.5, 0.6) is 0 Å². The first-order valence-corrected chi connectivity index (χ1v) is 11.8. The first kappa shape index (κ1) is 22.5. The summed E-state index contributed by atoms with van der Waals surface area (Å²) in [7, 11) is 0. The number of ether oxygens (including phenoxy) is 2. The van der Waals surface area contributed by atoms with Gasteiger partial charge in [-0.1, -0.05) is 13.8 Å². The van der Waals surface area contributed by atoms with E-state index < -0.39 is 0 Å². The van der Waals surface area contributed by atoms with Crippen molar-refractivity contribution in [3.63, 3.8) is 0 Å². The third kappa shape index (κ3) is 3.54. The van der Waals surface area contributed by atoms with Crippen molar-refractivity contribution in [1.29, 1.82) is 0 Å². The van der Waals surface area contributed by atoms with Crippen LogP contribution in [0.2, 0.25) is 0 Å². The molecule has 0 aliphatic heterocycles. The summed E-state index contributed by atoms with van der Waals surface area (Å²) in [6.45, 7) is 8.98. The zero-order valence-electron chi connectivity index (χ0n) is 19.4. The second-order valence-electron chi connectivity index (χ2n) is 11.1. The van der Waals surface area contributed by atoms with Crippen molar-refractivity contribution in [2.24, 2.45) is 40.4 Å². The zero-order chi connectivity index (χ0) is 22.7. The van der Waals surface area contributed by atoms with Gasteiger partial charge in [-0.15, -0.1) is 0 Å². The summed E-state index contributed by atoms with van der Waals surface area (Å²) in [5, 5.41) is 0. The lowest BCUT2D eigenvalue weighted by Crippen LogP contribution is -2.63. The third-order valence-corrected chi connectivity index (χ3v) is 9.51. The van der Waals surface area contributed by atoms with Gasteiger partial charge in [-0.3, -0.25) is 19.2 Å². The first-order chi connectivity index (χ1) is 14.5. The van der Waals surface area contributed by atoms with E-state index in [1.165, 1.54) is 13.8 Å². The molecular weight excluding hydrogens is 396 g/mol. The number of hydrogen-bond acceptors (Lipinski definition) is 6. The highest BCUT2D eigenvalue weighted by molar-refractivity contribution is 5.80. The van der Waals surface area contributed by atoms with Crippen molar-refractivity contribution < 1.29 is 28.7 Å². The molecule has 0 aromatic rings. The fraction of sp³-hybridized carbons (Fsp3) is 0.840. The molecule has 4 saturated carbocycles. The van der Waals surface area contributed by atoms with Crippen LogP contribution in [0.1, 0.15) is 79.6 Å². The average molecular weight is 433 g/mol. The number of ketones is 2. The Morgan fingerprint density at radius 2 is 1.55 bits per heavy atom. The Morgan fingerprint density at radius 3 is 2.16 bits per heavy atom. The van der Waals surface area contributed by atoms with Gasteiger partial charge in [-0.05, 0) is 61.7 Å². The molecule has 6 nitrogen and oxygen atoms in total. The quantitative estimate of drug-likeness (QED) is 0.629. The number of rotatable bonds is 3. The SMILES string of the molecule is CC(=O)O[C@@H]1C[C@@]2(C)[C@@H](C(C)=O)CC[C@H]2[C@H]2C[C@@H](OC(C)=O)[C@H]3CC(=O)CC[C@]3(C)[C@H]21. The number of carbonyl (C=O) groups excluding carboxylic acids is 4. The van der Waals surface area contributed by atoms with Gasteiger partial charge in [-0.2, -0.15) is 0 Å². The fourth-order valence-electron chi connectivity index (χ4n) is 8.49. The minimum Gasteiger partial charge on any atom is -0.462 e. The predicted molar refractivity (Wildman–Crippen MR) is 113 cm³/mol. The highest BCUT2D eigenvalue weighted by Gasteiger charge is 2.66. The van der Waals surface area contributed by atoms with E-state index in [-0.39, 0.29) is 70.2 Å². The van der Waals surface area contributed by atoms with Gasteiger partial charge in [0.2, 0.25) is 0 Å². The van der Waals surface area contributed by atoms with Gasteiger partial charge in [0.1, 0.15) is 23.8 Å². The molecule has 31 heavy (non-hydrogen) atoms. The molecule has 4 rings (SSSR count). The summed E-state index contributed by atoms with van der Waals surface area (Å²) in [5.41, 5.74) is -0.464. The molecule has 0 N–H and O–H groups in total. The summed E-state index contributed by atoms with van der Waals surface area (Å²) in [5.74, 6) is 0.394. The number of carbonyl (C=O) groups is 4. The van der Waals surface area contributed by atoms with Crippen molar-refractivity contribution in [3.8, 4) is 0 Å². The average Bonchev–Trinajstić information content (AvgIpc) is 2.99. The van der Waals surface area contributed by atoms with Crippen LogP contribution < -0.4 is 0 Å². The van der Waals surface area contributed by atoms with Crippen molar-refractivity contribution >= 4 is 23.5 Å². The van der Waals surface area contributed by atoms with Crippen LogP contribution >= 0.6 is 0 Å². The summed E-state index contributed by atoms with van der Waals surface area (Å²) >= 11 is 0. The summed E-state index contributed by atoms with van der Waals surface area (Å²) in [6.07, 6.45) is 4.30. The fourth-order valence-corrected chi connectivity index (χ4v) is 8.49. The summed E-state index contributed by atoms with van der Waals surface area (Å²) in [6, 6.07) is 0. The van der Waals surface area contributed by atoms with Crippen LogP contribution in [0.15, 0.2) is 0 Å². The standard InChI is InChI=1S/C25H36O6/c1-13(26)18-6-7-19-17-11-21(30-14(2)27)20-10-16(29)8-9-24(20,4)23(17)22(31-15(3)28)12-25(18,19)5/h17-23H,6-12H2,1-5H3/t17-,18-,19+,20-,21-,22-,23-,24+,25+/m1/s1. The van der Waals surface area contributed by atoms with E-state index in [9.17, 15) is 19.2 Å². The van der Waals surface area contributed by atoms with E-state index in [0.717, 1.165) is 19.3 Å². The predicted octanol–water partition coefficient (Wildman–Crippen LogP) is 3.89. The van der Waals surface area contributed by atoms with E-state index in [1.807, 2.05) is 0 Å². The van der Waals surface area contributed by atoms with Crippen molar-refractivity contribution in [2.45, 2.75) is 91.8 Å². The van der Waals surface area contributed by atoms with E-state index in [2.05, 4.69) is 13.8 Å². The number of esters is 2. The van der Waals surface area contributed by atoms with E-state index in [1.54, 1.807) is 6.92 Å². The van der Waals surface area contributed by atoms with Crippen LogP contribution in [0.4, 0.5) is 0 Å². The van der Waals surface area contributed by atoms with Crippen molar-refractivity contribution in [2.75, 3.05) is 0 Å². The Labute approximate surface area is 184 Å². The molecule has 4 aliphatic carbocycles. The molecule has 4 aliphatic rings. The molecule has 0 aromatic heterocycles. The van der Waals surface area contributed by atoms with Crippen molar-refractivity contribution in [3.05, 3.63) is 0 Å². The second kappa shape index (κ2) is 7.70. The summed E-state index contributed by atoms with van der Waals surface area (Å²) < 4.78 is 11.8. The lowest BCUT2D eigenvalue weighted by molar-refractivity contribution is -0.216. The van der Waals surface area contributed by atoms with Crippen LogP contribution in [0.3, 0.4) is 0 Å². The Bertz CT molecular complexity index is 804. The maximum atomic E-state index is 12.5. The smallest absolute Gasteiger partial charge is 0.302 e. The lowest BCUT2D eigenvalue weighted by atomic mass is 9.43. The zero-order valence-corrected chi connectivity index (χ0v) is 19.4. The molecule has 0 saturated heterocycles. The first-order valence-electron chi connectivity index (χ1n) is 11.8. The molecule has 4 fully saturated rings. The molecule has 0 bridgehead atoms. The number of hydrogen-bond donors (Lipinski definition) is 0. The minimum absolute atomic E-state index is 0.0258. The Hall–Kier alpha value is -1.72. The Kier molecular flexibility index (Phi) is 5.58. The third-order valence-electron chi connectivity index (χ3n) is 9.51. The molecule has 0 radical (unpaired) electrons. The minimum atomic E-state index is -0.313. The molecule has 0 unspecified atom stereocenters. The Morgan fingerprint density at radius 1 is 0.903 bits per heavy atom. The molecular formula is C25H36O6. The second-order valence-corrected chi connectivity index (χ2v) is 11.1. The van der Waals surface area contributed by atoms with Gasteiger partial charge < -0.3 is 9.47 Å². The topological polar surface area (TPSA) is 86.7 Å². The molecule has 0 spiro atoms. The van der Waals surface area contributed by atoms with Gasteiger partial charge >= 0.3 is 11.9 Å². The molecule has 6 heteroatoms. The van der Waals surface area contributed by atoms with E-state index in [0.29, 0.717) is 31.6 Å². The number of fused-ring (bicyclic) bond motifs is 5. The number of Topliss-reactive ketones (excluding diaryl/α,β-unsaturated/α-hetero) is 2. The lowest BCUT2D eigenvalue weighted by Gasteiger charge is -2.63. The van der Waals surface area contributed by atoms with Crippen molar-refractivity contribution in [1.82, 2.24) is 0 Å². The van der Waals surface area contributed by atoms with Gasteiger partial charge in [0.25, 0.3) is 0 Å². The van der Waals surface area contributed by atoms with Crippen LogP contribution in [0, 0.1) is 40.4 Å². The van der Waals surface area contributed by atoms with Gasteiger partial charge in [0.15, 0.2) is 0 Å². The highest BCUT2D eigenvalue weighted by atomic mass is 16.5. The Balaban J connectivity index is 1.79. The molecule has 172 valence electrons. The maximum Gasteiger partial charge on any atom is 0.302 e. The van der Waals surface area contributed by atoms with E-state index in [4.69, 9.17) is 9.47 Å². The monoisotopic (exact) mass is 432 g/mol. The molecule has 0 amide bonds. The van der Waals surface area contributed by atoms with Gasteiger partial charge in [0, 0.05) is 44.4 Å². The highest BCUT2D eigenvalue weighted by Crippen LogP contribution is 2.68. The molecule has 9 atom stereocenters. The van der Waals surface area contributed by atoms with Gasteiger partial charge in [-0.25, -0.2) is 0 Å². The largest absolute Gasteiger partial charge is 0.462 e. The van der Waals surface area contributed by atoms with E-state index >= 15 is 0 Å². The molecule has 0 aromatic carbocycles. The maximum absolute atomic E-state index is 12.5. The summed E-state index contributed by atoms with van der Waals surface area (Å²) in [4.78, 5) is 49.0. The normalized spacial score (nSPS) is 46.4. The van der Waals surface area contributed by atoms with Gasteiger partial charge in [0.05, 0.1) is 0 Å².